The summed E-state index contributed by atoms with van der Waals surface area (Å²) in [7, 11) is 2.04. The summed E-state index contributed by atoms with van der Waals surface area (Å²) in [6.45, 7) is 4.04. The lowest BCUT2D eigenvalue weighted by atomic mass is 9.97. The van der Waals surface area contributed by atoms with Crippen molar-refractivity contribution in [2.45, 2.75) is 45.4 Å². The molecule has 2 amide bonds. The maximum absolute atomic E-state index is 13.4. The van der Waals surface area contributed by atoms with Crippen LogP contribution in [0.3, 0.4) is 0 Å². The predicted octanol–water partition coefficient (Wildman–Crippen LogP) is 5.84. The molecule has 5 aromatic rings. The zero-order chi connectivity index (χ0) is 29.7. The third-order valence-electron chi connectivity index (χ3n) is 8.63. The number of aromatic nitrogens is 3. The van der Waals surface area contributed by atoms with Crippen molar-refractivity contribution >= 4 is 33.9 Å². The van der Waals surface area contributed by atoms with Crippen molar-refractivity contribution in [3.05, 3.63) is 83.4 Å². The number of hydrogen-bond acceptors (Lipinski definition) is 4. The van der Waals surface area contributed by atoms with Gasteiger partial charge in [-0.1, -0.05) is 42.5 Å². The summed E-state index contributed by atoms with van der Waals surface area (Å²) >= 11 is 0. The van der Waals surface area contributed by atoms with Crippen LogP contribution in [-0.4, -0.2) is 55.3 Å². The molecule has 0 radical (unpaired) electrons. The van der Waals surface area contributed by atoms with Gasteiger partial charge in [0.15, 0.2) is 5.82 Å². The van der Waals surface area contributed by atoms with E-state index in [1.54, 1.807) is 11.8 Å². The first-order valence-corrected chi connectivity index (χ1v) is 14.9. The average molecular weight is 578 g/mol. The van der Waals surface area contributed by atoms with Crippen molar-refractivity contribution in [2.24, 2.45) is 13.0 Å². The Labute approximate surface area is 249 Å². The highest BCUT2D eigenvalue weighted by atomic mass is 16.5. The molecule has 7 rings (SSSR count). The Hall–Kier alpha value is -4.79. The van der Waals surface area contributed by atoms with E-state index in [4.69, 9.17) is 14.8 Å². The monoisotopic (exact) mass is 577 g/mol. The lowest BCUT2D eigenvalue weighted by molar-refractivity contribution is 0.0723. The molecule has 1 aliphatic carbocycles. The molecule has 9 heteroatoms. The van der Waals surface area contributed by atoms with Gasteiger partial charge < -0.3 is 29.2 Å². The molecular weight excluding hydrogens is 542 g/mol. The highest BCUT2D eigenvalue weighted by Gasteiger charge is 2.29. The van der Waals surface area contributed by atoms with Gasteiger partial charge in [-0.3, -0.25) is 4.79 Å². The van der Waals surface area contributed by atoms with Crippen LogP contribution >= 0.6 is 0 Å². The fourth-order valence-electron chi connectivity index (χ4n) is 6.28. The summed E-state index contributed by atoms with van der Waals surface area (Å²) in [5.74, 6) is 2.27. The summed E-state index contributed by atoms with van der Waals surface area (Å²) in [6, 6.07) is 22.3. The Morgan fingerprint density at radius 3 is 2.70 bits per heavy atom. The van der Waals surface area contributed by atoms with E-state index in [1.807, 2.05) is 43.4 Å². The van der Waals surface area contributed by atoms with Crippen molar-refractivity contribution in [3.63, 3.8) is 0 Å². The molecule has 0 unspecified atom stereocenters. The predicted molar refractivity (Wildman–Crippen MR) is 165 cm³/mol. The molecule has 3 aromatic carbocycles. The molecule has 9 nitrogen and oxygen atoms in total. The Morgan fingerprint density at radius 2 is 1.93 bits per heavy atom. The van der Waals surface area contributed by atoms with Crippen molar-refractivity contribution in [1.82, 2.24) is 24.3 Å². The first-order valence-electron chi connectivity index (χ1n) is 14.9. The van der Waals surface area contributed by atoms with E-state index in [0.717, 1.165) is 56.9 Å². The maximum atomic E-state index is 13.4. The molecule has 0 bridgehead atoms. The van der Waals surface area contributed by atoms with E-state index in [1.165, 1.54) is 12.8 Å². The smallest absolute Gasteiger partial charge is 0.404 e. The third-order valence-corrected chi connectivity index (χ3v) is 8.63. The third kappa shape index (κ3) is 5.20. The first kappa shape index (κ1) is 27.1. The number of amides is 2. The second-order valence-corrected chi connectivity index (χ2v) is 11.9. The minimum absolute atomic E-state index is 0.0857. The topological polar surface area (TPSA) is 102 Å². The van der Waals surface area contributed by atoms with E-state index in [9.17, 15) is 9.59 Å². The van der Waals surface area contributed by atoms with Gasteiger partial charge in [-0.15, -0.1) is 0 Å². The van der Waals surface area contributed by atoms with Crippen LogP contribution in [-0.2, 0) is 26.6 Å². The van der Waals surface area contributed by atoms with Crippen molar-refractivity contribution in [2.75, 3.05) is 13.1 Å². The van der Waals surface area contributed by atoms with Gasteiger partial charge in [0.1, 0.15) is 12.4 Å². The van der Waals surface area contributed by atoms with Crippen LogP contribution in [0.2, 0.25) is 0 Å². The number of carbonyl (C=O) groups is 2. The lowest BCUT2D eigenvalue weighted by Crippen LogP contribution is -2.46. The van der Waals surface area contributed by atoms with Gasteiger partial charge in [0.25, 0.3) is 5.91 Å². The number of carbonyl (C=O) groups excluding carboxylic acids is 1. The van der Waals surface area contributed by atoms with Gasteiger partial charge in [-0.2, -0.15) is 0 Å². The number of aryl methyl sites for hydroxylation is 1. The molecule has 2 aliphatic rings. The number of nitrogens with one attached hydrogen (secondary N) is 1. The number of nitrogens with zero attached hydrogens (tertiary/aromatic N) is 4. The molecule has 220 valence electrons. The number of fused-ring (bicyclic) bond motifs is 3. The number of hydrogen-bond donors (Lipinski definition) is 2. The number of imidazole rings is 1. The fourth-order valence-corrected chi connectivity index (χ4v) is 6.28. The number of para-hydroxylation sites is 1. The van der Waals surface area contributed by atoms with Gasteiger partial charge in [0.2, 0.25) is 0 Å². The maximum Gasteiger partial charge on any atom is 0.404 e. The number of rotatable bonds is 9. The minimum atomic E-state index is -1.09. The summed E-state index contributed by atoms with van der Waals surface area (Å²) in [6.07, 6.45) is 2.07. The second kappa shape index (κ2) is 10.8. The lowest BCUT2D eigenvalue weighted by Gasteiger charge is -2.30. The van der Waals surface area contributed by atoms with Gasteiger partial charge in [-0.25, -0.2) is 9.78 Å². The van der Waals surface area contributed by atoms with E-state index >= 15 is 0 Å². The van der Waals surface area contributed by atoms with Crippen LogP contribution in [0.25, 0.3) is 33.5 Å². The highest BCUT2D eigenvalue weighted by molar-refractivity contribution is 6.01. The molecule has 2 aromatic heterocycles. The standard InChI is InChI=1S/C34H35N5O4/c1-21(35-34(41)42)18-38-14-13-24-15-28-27(17-26(24)33(38)40)36-32(37(28)2)29-16-25-9-6-10-30(31(25)39(29)19-22-11-12-22)43-20-23-7-4-3-5-8-23/h3-10,15-17,21-22,35H,11-14,18-20H2,1-2H3,(H,41,42)/t21-/m1/s1. The Morgan fingerprint density at radius 1 is 1.12 bits per heavy atom. The van der Waals surface area contributed by atoms with Gasteiger partial charge >= 0.3 is 6.09 Å². The average Bonchev–Trinajstić information content (AvgIpc) is 3.66. The molecule has 2 N–H and O–H groups in total. The molecule has 3 heterocycles. The second-order valence-electron chi connectivity index (χ2n) is 11.9. The van der Waals surface area contributed by atoms with Crippen LogP contribution in [0.15, 0.2) is 66.7 Å². The molecule has 1 aliphatic heterocycles. The number of ether oxygens (including phenoxy) is 1. The van der Waals surface area contributed by atoms with Crippen LogP contribution < -0.4 is 10.1 Å². The quantitative estimate of drug-likeness (QED) is 0.229. The summed E-state index contributed by atoms with van der Waals surface area (Å²) in [5, 5.41) is 12.6. The first-order chi connectivity index (χ1) is 20.9. The van der Waals surface area contributed by atoms with E-state index in [-0.39, 0.29) is 11.9 Å². The molecule has 1 fully saturated rings. The van der Waals surface area contributed by atoms with E-state index in [2.05, 4.69) is 44.8 Å². The highest BCUT2D eigenvalue weighted by Crippen LogP contribution is 2.39. The van der Waals surface area contributed by atoms with Crippen LogP contribution in [0.4, 0.5) is 4.79 Å². The van der Waals surface area contributed by atoms with Crippen molar-refractivity contribution < 1.29 is 19.4 Å². The summed E-state index contributed by atoms with van der Waals surface area (Å²) in [4.78, 5) is 31.3. The summed E-state index contributed by atoms with van der Waals surface area (Å²) in [5.41, 5.74) is 6.64. The molecule has 0 saturated heterocycles. The SMILES string of the molecule is C[C@H](CN1CCc2cc3c(cc2C1=O)nc(-c1cc2cccc(OCc4ccccc4)c2n1CC1CC1)n3C)NC(=O)O. The molecule has 1 atom stereocenters. The molecule has 0 spiro atoms. The molecule has 1 saturated carbocycles. The van der Waals surface area contributed by atoms with Crippen molar-refractivity contribution in [3.8, 4) is 17.3 Å². The van der Waals surface area contributed by atoms with E-state index in [0.29, 0.717) is 37.6 Å². The summed E-state index contributed by atoms with van der Waals surface area (Å²) < 4.78 is 10.9. The van der Waals surface area contributed by atoms with Gasteiger partial charge in [0, 0.05) is 43.7 Å². The van der Waals surface area contributed by atoms with Crippen LogP contribution in [0.5, 0.6) is 5.75 Å². The van der Waals surface area contributed by atoms with Crippen LogP contribution in [0.1, 0.15) is 41.3 Å². The minimum Gasteiger partial charge on any atom is -0.487 e. The number of benzene rings is 3. The van der Waals surface area contributed by atoms with Gasteiger partial charge in [0.05, 0.1) is 22.2 Å². The van der Waals surface area contributed by atoms with Crippen LogP contribution in [0, 0.1) is 5.92 Å². The Kier molecular flexibility index (Phi) is 6.80. The normalized spacial score (nSPS) is 15.6. The largest absolute Gasteiger partial charge is 0.487 e. The molecule has 43 heavy (non-hydrogen) atoms. The van der Waals surface area contributed by atoms with Crippen molar-refractivity contribution in [1.29, 1.82) is 0 Å². The van der Waals surface area contributed by atoms with Gasteiger partial charge in [-0.05, 0) is 67.5 Å². The zero-order valence-corrected chi connectivity index (χ0v) is 24.4. The molecular formula is C34H35N5O4. The fraction of sp³-hybridized carbons (Fsp3) is 0.324. The zero-order valence-electron chi connectivity index (χ0n) is 24.4. The Balaban J connectivity index is 1.26. The van der Waals surface area contributed by atoms with E-state index < -0.39 is 6.09 Å². The Bertz CT molecular complexity index is 1850. The number of carboxylic acid groups (broad SMARTS) is 1.